The molecule has 2 amide bonds. The highest BCUT2D eigenvalue weighted by molar-refractivity contribution is 5.92. The Morgan fingerprint density at radius 1 is 1.04 bits per heavy atom. The summed E-state index contributed by atoms with van der Waals surface area (Å²) >= 11 is 0. The number of primary amides is 1. The first kappa shape index (κ1) is 16.6. The van der Waals surface area contributed by atoms with Crippen molar-refractivity contribution in [3.63, 3.8) is 0 Å². The Morgan fingerprint density at radius 2 is 1.65 bits per heavy atom. The molecule has 0 aromatic heterocycles. The van der Waals surface area contributed by atoms with Crippen LogP contribution in [0.5, 0.6) is 0 Å². The third-order valence-corrected chi connectivity index (χ3v) is 4.41. The summed E-state index contributed by atoms with van der Waals surface area (Å²) in [5.41, 5.74) is 5.41. The van der Waals surface area contributed by atoms with Crippen LogP contribution in [0.25, 0.3) is 0 Å². The summed E-state index contributed by atoms with van der Waals surface area (Å²) in [5, 5.41) is 0. The minimum atomic E-state index is -0.835. The number of rotatable bonds is 3. The molecule has 3 aliphatic heterocycles. The number of hydrogen-bond donors (Lipinski definition) is 1. The molecule has 3 aliphatic rings. The quantitative estimate of drug-likeness (QED) is 0.717. The minimum absolute atomic E-state index is 0.213. The number of hydrogen-bond acceptors (Lipinski definition) is 6. The summed E-state index contributed by atoms with van der Waals surface area (Å²) < 4.78 is 23.4. The van der Waals surface area contributed by atoms with Crippen LogP contribution in [0.2, 0.25) is 0 Å². The van der Waals surface area contributed by atoms with E-state index in [1.54, 1.807) is 13.8 Å². The van der Waals surface area contributed by atoms with Crippen molar-refractivity contribution in [1.29, 1.82) is 0 Å². The molecule has 2 N–H and O–H groups in total. The molecule has 5 atom stereocenters. The van der Waals surface area contributed by atoms with Crippen molar-refractivity contribution in [2.24, 2.45) is 5.73 Å². The highest BCUT2D eigenvalue weighted by Crippen LogP contribution is 2.43. The first-order valence-electron chi connectivity index (χ1n) is 7.78. The third kappa shape index (κ3) is 2.96. The van der Waals surface area contributed by atoms with Gasteiger partial charge in [0.2, 0.25) is 11.8 Å². The van der Waals surface area contributed by atoms with Crippen molar-refractivity contribution < 1.29 is 28.5 Å². The first-order chi connectivity index (χ1) is 10.5. The average Bonchev–Trinajstić information content (AvgIpc) is 2.94. The third-order valence-electron chi connectivity index (χ3n) is 4.41. The van der Waals surface area contributed by atoms with E-state index in [0.717, 1.165) is 0 Å². The van der Waals surface area contributed by atoms with Crippen molar-refractivity contribution in [2.45, 2.75) is 76.6 Å². The molecule has 3 rings (SSSR count). The molecule has 3 saturated heterocycles. The number of amides is 2. The lowest BCUT2D eigenvalue weighted by Crippen LogP contribution is -2.42. The van der Waals surface area contributed by atoms with E-state index in [9.17, 15) is 9.59 Å². The Bertz CT molecular complexity index is 514. The second-order valence-corrected chi connectivity index (χ2v) is 7.20. The Hall–Kier alpha value is -1.22. The fraction of sp³-hybridized carbons (Fsp3) is 0.867. The van der Waals surface area contributed by atoms with Crippen molar-refractivity contribution in [2.75, 3.05) is 6.61 Å². The maximum absolute atomic E-state index is 11.7. The molecule has 23 heavy (non-hydrogen) atoms. The molecule has 0 aromatic carbocycles. The maximum Gasteiger partial charge on any atom is 0.242 e. The van der Waals surface area contributed by atoms with Gasteiger partial charge in [0.15, 0.2) is 11.6 Å². The fourth-order valence-corrected chi connectivity index (χ4v) is 3.54. The van der Waals surface area contributed by atoms with Gasteiger partial charge in [-0.1, -0.05) is 0 Å². The second-order valence-electron chi connectivity index (χ2n) is 7.20. The van der Waals surface area contributed by atoms with Crippen LogP contribution in [0, 0.1) is 0 Å². The van der Waals surface area contributed by atoms with E-state index in [1.165, 1.54) is 11.8 Å². The van der Waals surface area contributed by atoms with Crippen molar-refractivity contribution in [3.8, 4) is 0 Å². The van der Waals surface area contributed by atoms with Crippen molar-refractivity contribution in [3.05, 3.63) is 0 Å². The van der Waals surface area contributed by atoms with E-state index in [4.69, 9.17) is 24.7 Å². The molecule has 0 radical (unpaired) electrons. The number of carbonyl (C=O) groups excluding carboxylic acids is 2. The molecule has 0 aliphatic carbocycles. The van der Waals surface area contributed by atoms with Gasteiger partial charge in [-0.3, -0.25) is 9.59 Å². The van der Waals surface area contributed by atoms with Crippen molar-refractivity contribution >= 4 is 11.8 Å². The molecular weight excluding hydrogens is 304 g/mol. The summed E-state index contributed by atoms with van der Waals surface area (Å²) in [6, 6.07) is -1.09. The molecule has 0 aromatic rings. The monoisotopic (exact) mass is 328 g/mol. The van der Waals surface area contributed by atoms with E-state index < -0.39 is 41.8 Å². The molecule has 0 spiro atoms. The van der Waals surface area contributed by atoms with E-state index >= 15 is 0 Å². The standard InChI is InChI=1S/C15H24N2O6/c1-7(18)17-9(10(17)13(16)19)12-11(22-15(4,5)23-12)8-6-20-14(2,3)21-8/h8-12H,6H2,1-5H3,(H2,16,19). The van der Waals surface area contributed by atoms with Gasteiger partial charge in [0, 0.05) is 6.92 Å². The summed E-state index contributed by atoms with van der Waals surface area (Å²) in [4.78, 5) is 24.8. The Kier molecular flexibility index (Phi) is 3.72. The minimum Gasteiger partial charge on any atom is -0.368 e. The molecule has 5 unspecified atom stereocenters. The average molecular weight is 328 g/mol. The normalized spacial score (nSPS) is 41.1. The predicted octanol–water partition coefficient (Wildman–Crippen LogP) is -0.257. The van der Waals surface area contributed by atoms with Crippen LogP contribution in [0.1, 0.15) is 34.6 Å². The molecule has 8 nitrogen and oxygen atoms in total. The predicted molar refractivity (Wildman–Crippen MR) is 78.0 cm³/mol. The summed E-state index contributed by atoms with van der Waals surface area (Å²) in [6.45, 7) is 9.01. The van der Waals surface area contributed by atoms with E-state index in [0.29, 0.717) is 6.61 Å². The van der Waals surface area contributed by atoms with Gasteiger partial charge >= 0.3 is 0 Å². The first-order valence-corrected chi connectivity index (χ1v) is 7.78. The van der Waals surface area contributed by atoms with Gasteiger partial charge in [-0.15, -0.1) is 0 Å². The highest BCUT2D eigenvalue weighted by atomic mass is 16.8. The fourth-order valence-electron chi connectivity index (χ4n) is 3.54. The van der Waals surface area contributed by atoms with Crippen LogP contribution in [0.4, 0.5) is 0 Å². The molecular formula is C15H24N2O6. The Morgan fingerprint density at radius 3 is 2.09 bits per heavy atom. The molecule has 0 saturated carbocycles. The zero-order valence-corrected chi connectivity index (χ0v) is 14.1. The van der Waals surface area contributed by atoms with Gasteiger partial charge in [0.1, 0.15) is 24.4 Å². The van der Waals surface area contributed by atoms with Gasteiger partial charge < -0.3 is 29.6 Å². The van der Waals surface area contributed by atoms with E-state index in [2.05, 4.69) is 0 Å². The SMILES string of the molecule is CC(=O)N1C(C(N)=O)C1C1OC(C)(C)OC1C1COC(C)(C)O1. The molecule has 8 heteroatoms. The molecule has 0 bridgehead atoms. The lowest BCUT2D eigenvalue weighted by Gasteiger charge is -2.23. The van der Waals surface area contributed by atoms with Crippen LogP contribution in [-0.4, -0.2) is 65.3 Å². The number of ether oxygens (including phenoxy) is 4. The topological polar surface area (TPSA) is 100 Å². The second kappa shape index (κ2) is 5.14. The van der Waals surface area contributed by atoms with Crippen LogP contribution in [0.3, 0.4) is 0 Å². The van der Waals surface area contributed by atoms with Crippen molar-refractivity contribution in [1.82, 2.24) is 4.90 Å². The number of carbonyl (C=O) groups is 2. The number of nitrogens with two attached hydrogens (primary N) is 1. The summed E-state index contributed by atoms with van der Waals surface area (Å²) in [6.07, 6.45) is -1.27. The zero-order valence-electron chi connectivity index (χ0n) is 14.1. The molecule has 130 valence electrons. The lowest BCUT2D eigenvalue weighted by atomic mass is 10.0. The smallest absolute Gasteiger partial charge is 0.242 e. The summed E-state index contributed by atoms with van der Waals surface area (Å²) in [7, 11) is 0. The van der Waals surface area contributed by atoms with Gasteiger partial charge in [-0.05, 0) is 27.7 Å². The van der Waals surface area contributed by atoms with Crippen LogP contribution in [-0.2, 0) is 28.5 Å². The maximum atomic E-state index is 11.7. The molecule has 3 fully saturated rings. The molecule has 3 heterocycles. The van der Waals surface area contributed by atoms with Gasteiger partial charge in [-0.25, -0.2) is 0 Å². The van der Waals surface area contributed by atoms with E-state index in [1.807, 2.05) is 13.8 Å². The Balaban J connectivity index is 1.82. The Labute approximate surface area is 135 Å². The lowest BCUT2D eigenvalue weighted by molar-refractivity contribution is -0.174. The summed E-state index contributed by atoms with van der Waals surface area (Å²) in [5.74, 6) is -2.28. The van der Waals surface area contributed by atoms with E-state index in [-0.39, 0.29) is 12.0 Å². The largest absolute Gasteiger partial charge is 0.368 e. The van der Waals surface area contributed by atoms with Crippen LogP contribution >= 0.6 is 0 Å². The van der Waals surface area contributed by atoms with Crippen LogP contribution < -0.4 is 5.73 Å². The zero-order chi connectivity index (χ0) is 17.2. The van der Waals surface area contributed by atoms with Gasteiger partial charge in [0.25, 0.3) is 0 Å². The highest BCUT2D eigenvalue weighted by Gasteiger charge is 2.64. The van der Waals surface area contributed by atoms with Gasteiger partial charge in [0.05, 0.1) is 12.6 Å². The van der Waals surface area contributed by atoms with Gasteiger partial charge in [-0.2, -0.15) is 0 Å². The van der Waals surface area contributed by atoms with Crippen LogP contribution in [0.15, 0.2) is 0 Å². The number of nitrogens with zero attached hydrogens (tertiary/aromatic N) is 1.